The van der Waals surface area contributed by atoms with Gasteiger partial charge in [-0.25, -0.2) is 9.78 Å². The molecular weight excluding hydrogens is 216 g/mol. The summed E-state index contributed by atoms with van der Waals surface area (Å²) in [6.45, 7) is 0. The third-order valence-electron chi connectivity index (χ3n) is 3.46. The van der Waals surface area contributed by atoms with Crippen LogP contribution >= 0.6 is 0 Å². The van der Waals surface area contributed by atoms with Crippen molar-refractivity contribution >= 4 is 5.97 Å². The van der Waals surface area contributed by atoms with Crippen molar-refractivity contribution in [2.75, 3.05) is 0 Å². The largest absolute Gasteiger partial charge is 0.454 e. The first-order valence-electron chi connectivity index (χ1n) is 5.83. The quantitative estimate of drug-likeness (QED) is 0.743. The Labute approximate surface area is 99.2 Å². The van der Waals surface area contributed by atoms with E-state index in [4.69, 9.17) is 10.00 Å². The summed E-state index contributed by atoms with van der Waals surface area (Å²) < 4.78 is 5.55. The van der Waals surface area contributed by atoms with Crippen LogP contribution in [-0.2, 0) is 4.74 Å². The van der Waals surface area contributed by atoms with E-state index < -0.39 is 0 Å². The molecule has 0 bridgehead atoms. The Morgan fingerprint density at radius 1 is 1.47 bits per heavy atom. The number of carbonyl (C=O) groups excluding carboxylic acids is 1. The van der Waals surface area contributed by atoms with Crippen molar-refractivity contribution in [1.82, 2.24) is 4.98 Å². The van der Waals surface area contributed by atoms with Crippen molar-refractivity contribution in [2.45, 2.75) is 31.3 Å². The molecule has 2 saturated carbocycles. The minimum atomic E-state index is -0.362. The third-order valence-corrected chi connectivity index (χ3v) is 3.46. The van der Waals surface area contributed by atoms with Gasteiger partial charge in [-0.3, -0.25) is 0 Å². The lowest BCUT2D eigenvalue weighted by molar-refractivity contribution is 0.0153. The maximum absolute atomic E-state index is 11.9. The van der Waals surface area contributed by atoms with Gasteiger partial charge in [0.1, 0.15) is 17.4 Å². The molecule has 0 N–H and O–H groups in total. The lowest BCUT2D eigenvalue weighted by Gasteiger charge is -2.15. The van der Waals surface area contributed by atoms with Gasteiger partial charge in [-0.2, -0.15) is 5.26 Å². The number of esters is 1. The van der Waals surface area contributed by atoms with Crippen LogP contribution in [0.3, 0.4) is 0 Å². The molecule has 0 atom stereocenters. The van der Waals surface area contributed by atoms with Crippen LogP contribution < -0.4 is 0 Å². The Morgan fingerprint density at radius 2 is 2.24 bits per heavy atom. The monoisotopic (exact) mass is 228 g/mol. The second kappa shape index (κ2) is 3.56. The molecule has 0 amide bonds. The summed E-state index contributed by atoms with van der Waals surface area (Å²) in [5.74, 6) is 0.212. The summed E-state index contributed by atoms with van der Waals surface area (Å²) in [6, 6.07) is 5.10. The van der Waals surface area contributed by atoms with Crippen molar-refractivity contribution < 1.29 is 9.53 Å². The van der Waals surface area contributed by atoms with Gasteiger partial charge in [-0.15, -0.1) is 0 Å². The smallest absolute Gasteiger partial charge is 0.357 e. The van der Waals surface area contributed by atoms with Gasteiger partial charge in [0.05, 0.1) is 5.56 Å². The molecule has 0 saturated heterocycles. The predicted octanol–water partition coefficient (Wildman–Crippen LogP) is 2.05. The normalized spacial score (nSPS) is 20.4. The van der Waals surface area contributed by atoms with Gasteiger partial charge in [-0.05, 0) is 43.7 Å². The molecular formula is C13H12N2O2. The Kier molecular flexibility index (Phi) is 2.15. The number of ether oxygens (including phenoxy) is 1. The Hall–Kier alpha value is -1.89. The molecule has 4 heteroatoms. The number of rotatable bonds is 3. The van der Waals surface area contributed by atoms with Crippen molar-refractivity contribution in [2.24, 2.45) is 5.92 Å². The fraction of sp³-hybridized carbons (Fsp3) is 0.462. The first-order chi connectivity index (χ1) is 8.23. The van der Waals surface area contributed by atoms with E-state index in [0.717, 1.165) is 12.8 Å². The molecule has 4 nitrogen and oxygen atoms in total. The average molecular weight is 228 g/mol. The number of pyridine rings is 1. The highest BCUT2D eigenvalue weighted by Crippen LogP contribution is 2.56. The lowest BCUT2D eigenvalue weighted by atomic mass is 10.2. The maximum atomic E-state index is 11.9. The van der Waals surface area contributed by atoms with Crippen LogP contribution in [-0.4, -0.2) is 16.6 Å². The molecule has 0 aliphatic heterocycles. The molecule has 17 heavy (non-hydrogen) atoms. The van der Waals surface area contributed by atoms with Gasteiger partial charge in [0.2, 0.25) is 0 Å². The van der Waals surface area contributed by atoms with Crippen molar-refractivity contribution in [3.63, 3.8) is 0 Å². The van der Waals surface area contributed by atoms with Gasteiger partial charge < -0.3 is 4.74 Å². The molecule has 0 unspecified atom stereocenters. The SMILES string of the molecule is N#Cc1ccc(C(=O)OC2(C3CC3)CC2)nc1. The van der Waals surface area contributed by atoms with Crippen molar-refractivity contribution in [1.29, 1.82) is 5.26 Å². The summed E-state index contributed by atoms with van der Waals surface area (Å²) in [5, 5.41) is 8.64. The standard InChI is InChI=1S/C13H12N2O2/c14-7-9-1-4-11(15-8-9)12(16)17-13(5-6-13)10-2-3-10/h1,4,8,10H,2-3,5-6H2. The van der Waals surface area contributed by atoms with E-state index in [1.165, 1.54) is 19.0 Å². The molecule has 2 fully saturated rings. The Morgan fingerprint density at radius 3 is 2.71 bits per heavy atom. The van der Waals surface area contributed by atoms with Crippen molar-refractivity contribution in [3.05, 3.63) is 29.6 Å². The molecule has 2 aliphatic carbocycles. The van der Waals surface area contributed by atoms with Gasteiger partial charge in [0, 0.05) is 6.20 Å². The highest BCUT2D eigenvalue weighted by molar-refractivity contribution is 5.87. The molecule has 1 aromatic heterocycles. The van der Waals surface area contributed by atoms with Crippen LogP contribution in [0.25, 0.3) is 0 Å². The molecule has 1 aromatic rings. The summed E-state index contributed by atoms with van der Waals surface area (Å²) in [7, 11) is 0. The van der Waals surface area contributed by atoms with Crippen LogP contribution in [0.2, 0.25) is 0 Å². The minimum absolute atomic E-state index is 0.174. The van der Waals surface area contributed by atoms with E-state index in [1.807, 2.05) is 6.07 Å². The summed E-state index contributed by atoms with van der Waals surface area (Å²) in [6.07, 6.45) is 5.72. The van der Waals surface area contributed by atoms with E-state index in [0.29, 0.717) is 11.5 Å². The molecule has 86 valence electrons. The van der Waals surface area contributed by atoms with E-state index in [-0.39, 0.29) is 17.3 Å². The zero-order valence-electron chi connectivity index (χ0n) is 9.35. The zero-order chi connectivity index (χ0) is 11.9. The third kappa shape index (κ3) is 1.89. The van der Waals surface area contributed by atoms with Crippen LogP contribution in [0.4, 0.5) is 0 Å². The highest BCUT2D eigenvalue weighted by atomic mass is 16.6. The second-order valence-electron chi connectivity index (χ2n) is 4.77. The molecule has 2 aliphatic rings. The molecule has 1 heterocycles. The fourth-order valence-corrected chi connectivity index (χ4v) is 2.14. The number of hydrogen-bond acceptors (Lipinski definition) is 4. The first kappa shape index (κ1) is 10.3. The maximum Gasteiger partial charge on any atom is 0.357 e. The molecule has 0 aromatic carbocycles. The fourth-order valence-electron chi connectivity index (χ4n) is 2.14. The first-order valence-corrected chi connectivity index (χ1v) is 5.83. The summed E-state index contributed by atoms with van der Waals surface area (Å²) >= 11 is 0. The molecule has 0 radical (unpaired) electrons. The highest BCUT2D eigenvalue weighted by Gasteiger charge is 2.57. The van der Waals surface area contributed by atoms with Crippen molar-refractivity contribution in [3.8, 4) is 6.07 Å². The number of hydrogen-bond donors (Lipinski definition) is 0. The summed E-state index contributed by atoms with van der Waals surface area (Å²) in [5.41, 5.74) is 0.563. The van der Waals surface area contributed by atoms with E-state index in [2.05, 4.69) is 4.98 Å². The van der Waals surface area contributed by atoms with E-state index in [1.54, 1.807) is 12.1 Å². The number of carbonyl (C=O) groups is 1. The average Bonchev–Trinajstić information content (AvgIpc) is 3.21. The number of nitrogens with zero attached hydrogens (tertiary/aromatic N) is 2. The zero-order valence-corrected chi connectivity index (χ0v) is 9.35. The number of aromatic nitrogens is 1. The van der Waals surface area contributed by atoms with E-state index in [9.17, 15) is 4.79 Å². The second-order valence-corrected chi connectivity index (χ2v) is 4.77. The predicted molar refractivity (Wildman–Crippen MR) is 59.1 cm³/mol. The van der Waals surface area contributed by atoms with Gasteiger partial charge >= 0.3 is 5.97 Å². The van der Waals surface area contributed by atoms with Crippen LogP contribution in [0.15, 0.2) is 18.3 Å². The minimum Gasteiger partial charge on any atom is -0.454 e. The topological polar surface area (TPSA) is 63.0 Å². The van der Waals surface area contributed by atoms with Gasteiger partial charge in [0.15, 0.2) is 0 Å². The molecule has 0 spiro atoms. The molecule has 3 rings (SSSR count). The van der Waals surface area contributed by atoms with Gasteiger partial charge in [0.25, 0.3) is 0 Å². The van der Waals surface area contributed by atoms with Gasteiger partial charge in [-0.1, -0.05) is 0 Å². The Bertz CT molecular complexity index is 493. The van der Waals surface area contributed by atoms with Crippen LogP contribution in [0, 0.1) is 17.2 Å². The Balaban J connectivity index is 1.71. The summed E-state index contributed by atoms with van der Waals surface area (Å²) in [4.78, 5) is 15.8. The lowest BCUT2D eigenvalue weighted by Crippen LogP contribution is -2.22. The number of nitriles is 1. The van der Waals surface area contributed by atoms with E-state index >= 15 is 0 Å². The van der Waals surface area contributed by atoms with Crippen LogP contribution in [0.1, 0.15) is 41.7 Å². The van der Waals surface area contributed by atoms with Crippen LogP contribution in [0.5, 0.6) is 0 Å².